The Morgan fingerprint density at radius 2 is 2.27 bits per heavy atom. The summed E-state index contributed by atoms with van der Waals surface area (Å²) in [5, 5.41) is 12.9. The summed E-state index contributed by atoms with van der Waals surface area (Å²) < 4.78 is 0. The number of benzene rings is 1. The van der Waals surface area contributed by atoms with Crippen molar-refractivity contribution in [3.05, 3.63) is 34.9 Å². The first-order valence-corrected chi connectivity index (χ1v) is 5.75. The maximum atomic E-state index is 8.71. The van der Waals surface area contributed by atoms with Gasteiger partial charge in [0.15, 0.2) is 0 Å². The van der Waals surface area contributed by atoms with Crippen LogP contribution >= 0.6 is 11.6 Å². The summed E-state index contributed by atoms with van der Waals surface area (Å²) in [5.41, 5.74) is 1.21. The van der Waals surface area contributed by atoms with Gasteiger partial charge in [-0.05, 0) is 37.1 Å². The average Bonchev–Trinajstić information content (AvgIpc) is 2.24. The van der Waals surface area contributed by atoms with Gasteiger partial charge in [-0.1, -0.05) is 30.7 Å². The Kier molecular flexibility index (Phi) is 5.69. The van der Waals surface area contributed by atoms with Crippen LogP contribution in [-0.2, 0) is 0 Å². The van der Waals surface area contributed by atoms with E-state index >= 15 is 0 Å². The topological polar surface area (TPSA) is 32.3 Å². The van der Waals surface area contributed by atoms with Crippen LogP contribution in [0.2, 0.25) is 5.02 Å². The predicted molar refractivity (Wildman–Crippen MR) is 64.2 cm³/mol. The molecule has 0 aliphatic heterocycles. The molecule has 0 heterocycles. The van der Waals surface area contributed by atoms with Crippen molar-refractivity contribution in [2.45, 2.75) is 25.8 Å². The quantitative estimate of drug-likeness (QED) is 0.733. The lowest BCUT2D eigenvalue weighted by atomic mass is 10.0. The first-order chi connectivity index (χ1) is 7.27. The van der Waals surface area contributed by atoms with Gasteiger partial charge in [-0.15, -0.1) is 0 Å². The van der Waals surface area contributed by atoms with Crippen molar-refractivity contribution in [2.75, 3.05) is 13.2 Å². The number of hydrogen-bond acceptors (Lipinski definition) is 2. The molecule has 2 nitrogen and oxygen atoms in total. The Bertz CT molecular complexity index is 291. The summed E-state index contributed by atoms with van der Waals surface area (Å²) in [5.74, 6) is 0. The van der Waals surface area contributed by atoms with E-state index < -0.39 is 0 Å². The van der Waals surface area contributed by atoms with E-state index in [9.17, 15) is 0 Å². The minimum absolute atomic E-state index is 0.235. The van der Waals surface area contributed by atoms with Gasteiger partial charge in [-0.2, -0.15) is 0 Å². The second-order valence-electron chi connectivity index (χ2n) is 3.55. The Labute approximate surface area is 96.3 Å². The van der Waals surface area contributed by atoms with E-state index in [0.29, 0.717) is 6.04 Å². The smallest absolute Gasteiger partial charge is 0.0443 e. The first kappa shape index (κ1) is 12.5. The molecule has 1 aromatic rings. The van der Waals surface area contributed by atoms with Crippen molar-refractivity contribution in [3.63, 3.8) is 0 Å². The lowest BCUT2D eigenvalue weighted by Crippen LogP contribution is -2.22. The highest BCUT2D eigenvalue weighted by Crippen LogP contribution is 2.19. The van der Waals surface area contributed by atoms with Crippen LogP contribution in [0.4, 0.5) is 0 Å². The largest absolute Gasteiger partial charge is 0.396 e. The molecule has 84 valence electrons. The Hall–Kier alpha value is -0.570. The van der Waals surface area contributed by atoms with E-state index in [4.69, 9.17) is 16.7 Å². The fraction of sp³-hybridized carbons (Fsp3) is 0.500. The predicted octanol–water partition coefficient (Wildman–Crippen LogP) is 2.76. The van der Waals surface area contributed by atoms with E-state index in [0.717, 1.165) is 24.4 Å². The monoisotopic (exact) mass is 227 g/mol. The third-order valence-electron chi connectivity index (χ3n) is 2.38. The molecule has 0 aliphatic rings. The molecular weight excluding hydrogens is 210 g/mol. The van der Waals surface area contributed by atoms with Gasteiger partial charge >= 0.3 is 0 Å². The molecule has 0 radical (unpaired) electrons. The van der Waals surface area contributed by atoms with Crippen molar-refractivity contribution >= 4 is 11.6 Å². The standard InChI is InChI=1S/C12H18ClNO/c1-2-12(14-7-4-8-15)10-5-3-6-11(13)9-10/h3,5-6,9,12,14-15H,2,4,7-8H2,1H3/t12-/m0/s1. The van der Waals surface area contributed by atoms with E-state index in [1.165, 1.54) is 5.56 Å². The van der Waals surface area contributed by atoms with Crippen LogP contribution in [0.15, 0.2) is 24.3 Å². The maximum absolute atomic E-state index is 8.71. The molecule has 0 aliphatic carbocycles. The van der Waals surface area contributed by atoms with Gasteiger partial charge in [0.1, 0.15) is 0 Å². The second-order valence-corrected chi connectivity index (χ2v) is 3.98. The van der Waals surface area contributed by atoms with Crippen LogP contribution in [0.5, 0.6) is 0 Å². The second kappa shape index (κ2) is 6.83. The van der Waals surface area contributed by atoms with Gasteiger partial charge in [-0.25, -0.2) is 0 Å². The molecule has 0 saturated heterocycles. The molecule has 0 spiro atoms. The highest BCUT2D eigenvalue weighted by molar-refractivity contribution is 6.30. The van der Waals surface area contributed by atoms with E-state index in [1.807, 2.05) is 18.2 Å². The van der Waals surface area contributed by atoms with E-state index in [2.05, 4.69) is 18.3 Å². The Balaban J connectivity index is 2.57. The van der Waals surface area contributed by atoms with Crippen molar-refractivity contribution in [1.29, 1.82) is 0 Å². The van der Waals surface area contributed by atoms with Crippen molar-refractivity contribution in [1.82, 2.24) is 5.32 Å². The Morgan fingerprint density at radius 1 is 1.47 bits per heavy atom. The Morgan fingerprint density at radius 3 is 2.87 bits per heavy atom. The number of aliphatic hydroxyl groups is 1. The number of aliphatic hydroxyl groups excluding tert-OH is 1. The molecular formula is C12H18ClNO. The van der Waals surface area contributed by atoms with Crippen LogP contribution in [0.1, 0.15) is 31.4 Å². The number of nitrogens with one attached hydrogen (secondary N) is 1. The summed E-state index contributed by atoms with van der Waals surface area (Å²) in [6, 6.07) is 8.24. The molecule has 3 heteroatoms. The fourth-order valence-corrected chi connectivity index (χ4v) is 1.78. The SMILES string of the molecule is CC[C@H](NCCCO)c1cccc(Cl)c1. The zero-order valence-electron chi connectivity index (χ0n) is 9.04. The summed E-state index contributed by atoms with van der Waals surface area (Å²) in [6.45, 7) is 3.21. The van der Waals surface area contributed by atoms with Gasteiger partial charge in [0.05, 0.1) is 0 Å². The van der Waals surface area contributed by atoms with Gasteiger partial charge in [-0.3, -0.25) is 0 Å². The van der Waals surface area contributed by atoms with Crippen molar-refractivity contribution in [2.24, 2.45) is 0 Å². The summed E-state index contributed by atoms with van der Waals surface area (Å²) >= 11 is 5.94. The molecule has 2 N–H and O–H groups in total. The average molecular weight is 228 g/mol. The van der Waals surface area contributed by atoms with Gasteiger partial charge in [0.2, 0.25) is 0 Å². The zero-order chi connectivity index (χ0) is 11.1. The van der Waals surface area contributed by atoms with E-state index in [-0.39, 0.29) is 6.61 Å². The minimum atomic E-state index is 0.235. The zero-order valence-corrected chi connectivity index (χ0v) is 9.80. The molecule has 15 heavy (non-hydrogen) atoms. The van der Waals surface area contributed by atoms with Gasteiger partial charge in [0, 0.05) is 17.7 Å². The van der Waals surface area contributed by atoms with Crippen molar-refractivity contribution < 1.29 is 5.11 Å². The third kappa shape index (κ3) is 4.20. The number of hydrogen-bond donors (Lipinski definition) is 2. The maximum Gasteiger partial charge on any atom is 0.0443 e. The first-order valence-electron chi connectivity index (χ1n) is 5.37. The molecule has 0 bridgehead atoms. The fourth-order valence-electron chi connectivity index (χ4n) is 1.58. The van der Waals surface area contributed by atoms with Crippen LogP contribution in [0, 0.1) is 0 Å². The molecule has 1 atom stereocenters. The summed E-state index contributed by atoms with van der Waals surface area (Å²) in [6.07, 6.45) is 1.81. The van der Waals surface area contributed by atoms with Gasteiger partial charge in [0.25, 0.3) is 0 Å². The molecule has 0 saturated carbocycles. The van der Waals surface area contributed by atoms with E-state index in [1.54, 1.807) is 0 Å². The molecule has 0 aromatic heterocycles. The molecule has 1 rings (SSSR count). The summed E-state index contributed by atoms with van der Waals surface area (Å²) in [4.78, 5) is 0. The van der Waals surface area contributed by atoms with Crippen LogP contribution in [-0.4, -0.2) is 18.3 Å². The lowest BCUT2D eigenvalue weighted by Gasteiger charge is -2.17. The number of halogens is 1. The lowest BCUT2D eigenvalue weighted by molar-refractivity contribution is 0.283. The highest BCUT2D eigenvalue weighted by atomic mass is 35.5. The summed E-state index contributed by atoms with van der Waals surface area (Å²) in [7, 11) is 0. The molecule has 0 amide bonds. The van der Waals surface area contributed by atoms with Gasteiger partial charge < -0.3 is 10.4 Å². The highest BCUT2D eigenvalue weighted by Gasteiger charge is 2.07. The molecule has 0 unspecified atom stereocenters. The third-order valence-corrected chi connectivity index (χ3v) is 2.62. The molecule has 0 fully saturated rings. The van der Waals surface area contributed by atoms with Crippen molar-refractivity contribution in [3.8, 4) is 0 Å². The van der Waals surface area contributed by atoms with Crippen LogP contribution in [0.3, 0.4) is 0 Å². The number of rotatable bonds is 6. The van der Waals surface area contributed by atoms with Crippen LogP contribution < -0.4 is 5.32 Å². The normalized spacial score (nSPS) is 12.7. The molecule has 1 aromatic carbocycles. The van der Waals surface area contributed by atoms with Crippen LogP contribution in [0.25, 0.3) is 0 Å². The minimum Gasteiger partial charge on any atom is -0.396 e.